The number of carbonyl (C=O) groups is 1. The second-order valence-corrected chi connectivity index (χ2v) is 9.80. The molecule has 0 unspecified atom stereocenters. The Morgan fingerprint density at radius 2 is 1.68 bits per heavy atom. The molecule has 0 aliphatic heterocycles. The van der Waals surface area contributed by atoms with E-state index in [0.717, 1.165) is 25.5 Å². The maximum Gasteiger partial charge on any atom is 0.264 e. The molecule has 6 nitrogen and oxygen atoms in total. The molecular weight excluding hydrogens is 478 g/mol. The van der Waals surface area contributed by atoms with Crippen molar-refractivity contribution < 1.29 is 13.2 Å². The van der Waals surface area contributed by atoms with E-state index in [1.165, 1.54) is 18.3 Å². The number of hydrogen-bond donors (Lipinski definition) is 1. The SMILES string of the molecule is Cc1cc(C)cc(N(CC(=O)N/N=C\c2cccc(Br)c2)S(=O)(=O)c2ccccc2)c1. The van der Waals surface area contributed by atoms with Gasteiger partial charge in [0.25, 0.3) is 15.9 Å². The van der Waals surface area contributed by atoms with E-state index in [9.17, 15) is 13.2 Å². The van der Waals surface area contributed by atoms with Crippen molar-refractivity contribution in [3.8, 4) is 0 Å². The molecular formula is C23H22BrN3O3S. The van der Waals surface area contributed by atoms with Gasteiger partial charge in [0.1, 0.15) is 6.54 Å². The Morgan fingerprint density at radius 1 is 1.00 bits per heavy atom. The van der Waals surface area contributed by atoms with Crippen LogP contribution in [-0.2, 0) is 14.8 Å². The standard InChI is InChI=1S/C23H22BrN3O3S/c1-17-11-18(2)13-21(12-17)27(31(29,30)22-9-4-3-5-10-22)16-23(28)26-25-15-19-7-6-8-20(24)14-19/h3-15H,16H2,1-2H3,(H,26,28)/b25-15-. The molecule has 1 amide bonds. The lowest BCUT2D eigenvalue weighted by atomic mass is 10.1. The summed E-state index contributed by atoms with van der Waals surface area (Å²) in [4.78, 5) is 12.7. The first-order valence-electron chi connectivity index (χ1n) is 9.49. The summed E-state index contributed by atoms with van der Waals surface area (Å²) in [6, 6.07) is 20.9. The van der Waals surface area contributed by atoms with Crippen LogP contribution in [0.1, 0.15) is 16.7 Å². The van der Waals surface area contributed by atoms with Crippen LogP contribution < -0.4 is 9.73 Å². The molecule has 8 heteroatoms. The molecule has 0 heterocycles. The van der Waals surface area contributed by atoms with Crippen LogP contribution in [-0.4, -0.2) is 27.1 Å². The van der Waals surface area contributed by atoms with Gasteiger partial charge in [0, 0.05) is 4.47 Å². The molecule has 0 saturated carbocycles. The van der Waals surface area contributed by atoms with Crippen molar-refractivity contribution in [3.63, 3.8) is 0 Å². The summed E-state index contributed by atoms with van der Waals surface area (Å²) in [6.45, 7) is 3.36. The van der Waals surface area contributed by atoms with Crippen LogP contribution in [0.25, 0.3) is 0 Å². The van der Waals surface area contributed by atoms with Crippen LogP contribution in [0.2, 0.25) is 0 Å². The Labute approximate surface area is 190 Å². The molecule has 3 aromatic carbocycles. The maximum atomic E-state index is 13.3. The topological polar surface area (TPSA) is 78.8 Å². The largest absolute Gasteiger partial charge is 0.271 e. The zero-order valence-electron chi connectivity index (χ0n) is 17.1. The third kappa shape index (κ3) is 6.02. The second-order valence-electron chi connectivity index (χ2n) is 7.02. The van der Waals surface area contributed by atoms with E-state index in [0.29, 0.717) is 5.69 Å². The molecule has 0 fully saturated rings. The fraction of sp³-hybridized carbons (Fsp3) is 0.130. The second kappa shape index (κ2) is 9.89. The summed E-state index contributed by atoms with van der Waals surface area (Å²) in [5.74, 6) is -0.551. The molecule has 0 radical (unpaired) electrons. The molecule has 1 N–H and O–H groups in total. The summed E-state index contributed by atoms with van der Waals surface area (Å²) in [7, 11) is -3.95. The van der Waals surface area contributed by atoms with Crippen LogP contribution >= 0.6 is 15.9 Å². The molecule has 0 saturated heterocycles. The van der Waals surface area contributed by atoms with Crippen molar-refractivity contribution in [3.05, 3.63) is 94.0 Å². The van der Waals surface area contributed by atoms with Gasteiger partial charge in [0.15, 0.2) is 0 Å². The number of halogens is 1. The van der Waals surface area contributed by atoms with Gasteiger partial charge in [-0.25, -0.2) is 13.8 Å². The minimum atomic E-state index is -3.95. The Morgan fingerprint density at radius 3 is 2.32 bits per heavy atom. The normalized spacial score (nSPS) is 11.5. The fourth-order valence-electron chi connectivity index (χ4n) is 3.06. The number of aryl methyl sites for hydroxylation is 2. The number of sulfonamides is 1. The number of nitrogens with zero attached hydrogens (tertiary/aromatic N) is 2. The van der Waals surface area contributed by atoms with Crippen LogP contribution in [0.4, 0.5) is 5.69 Å². The predicted molar refractivity (Wildman–Crippen MR) is 127 cm³/mol. The predicted octanol–water partition coefficient (Wildman–Crippen LogP) is 4.41. The van der Waals surface area contributed by atoms with E-state index in [1.807, 2.05) is 44.2 Å². The Hall–Kier alpha value is -2.97. The van der Waals surface area contributed by atoms with Gasteiger partial charge in [-0.2, -0.15) is 5.10 Å². The quantitative estimate of drug-likeness (QED) is 0.386. The summed E-state index contributed by atoms with van der Waals surface area (Å²) in [5.41, 5.74) is 5.42. The summed E-state index contributed by atoms with van der Waals surface area (Å²) in [6.07, 6.45) is 1.50. The Balaban J connectivity index is 1.87. The first kappa shape index (κ1) is 22.7. The molecule has 0 bridgehead atoms. The highest BCUT2D eigenvalue weighted by Gasteiger charge is 2.27. The van der Waals surface area contributed by atoms with Gasteiger partial charge in [-0.15, -0.1) is 0 Å². The Kier molecular flexibility index (Phi) is 7.25. The molecule has 31 heavy (non-hydrogen) atoms. The van der Waals surface area contributed by atoms with Gasteiger partial charge < -0.3 is 0 Å². The average molecular weight is 500 g/mol. The third-order valence-corrected chi connectivity index (χ3v) is 6.65. The molecule has 160 valence electrons. The van der Waals surface area contributed by atoms with E-state index >= 15 is 0 Å². The van der Waals surface area contributed by atoms with Gasteiger partial charge in [-0.3, -0.25) is 9.10 Å². The first-order valence-corrected chi connectivity index (χ1v) is 11.7. The Bertz CT molecular complexity index is 1190. The van der Waals surface area contributed by atoms with Gasteiger partial charge in [-0.05, 0) is 66.9 Å². The smallest absolute Gasteiger partial charge is 0.264 e. The summed E-state index contributed by atoms with van der Waals surface area (Å²) < 4.78 is 28.6. The van der Waals surface area contributed by atoms with Crippen molar-refractivity contribution in [2.45, 2.75) is 18.7 Å². The lowest BCUT2D eigenvalue weighted by Gasteiger charge is -2.24. The zero-order chi connectivity index (χ0) is 22.4. The highest BCUT2D eigenvalue weighted by Crippen LogP contribution is 2.25. The molecule has 3 aromatic rings. The zero-order valence-corrected chi connectivity index (χ0v) is 19.5. The van der Waals surface area contributed by atoms with Gasteiger partial charge in [-0.1, -0.05) is 52.3 Å². The number of anilines is 1. The minimum absolute atomic E-state index is 0.111. The molecule has 0 aromatic heterocycles. The van der Waals surface area contributed by atoms with Crippen molar-refractivity contribution in [2.24, 2.45) is 5.10 Å². The molecule has 0 spiro atoms. The van der Waals surface area contributed by atoms with Crippen molar-refractivity contribution in [2.75, 3.05) is 10.8 Å². The number of benzene rings is 3. The van der Waals surface area contributed by atoms with Crippen molar-refractivity contribution >= 4 is 43.8 Å². The number of hydrogen-bond acceptors (Lipinski definition) is 4. The summed E-state index contributed by atoms with van der Waals surface area (Å²) in [5, 5.41) is 3.95. The van der Waals surface area contributed by atoms with Crippen LogP contribution in [0, 0.1) is 13.8 Å². The number of nitrogens with one attached hydrogen (secondary N) is 1. The molecule has 0 atom stereocenters. The highest BCUT2D eigenvalue weighted by molar-refractivity contribution is 9.10. The highest BCUT2D eigenvalue weighted by atomic mass is 79.9. The minimum Gasteiger partial charge on any atom is -0.271 e. The van der Waals surface area contributed by atoms with E-state index in [4.69, 9.17) is 0 Å². The van der Waals surface area contributed by atoms with Crippen LogP contribution in [0.3, 0.4) is 0 Å². The van der Waals surface area contributed by atoms with E-state index in [2.05, 4.69) is 26.5 Å². The van der Waals surface area contributed by atoms with E-state index in [-0.39, 0.29) is 4.90 Å². The van der Waals surface area contributed by atoms with Gasteiger partial charge in [0.05, 0.1) is 16.8 Å². The molecule has 0 aliphatic carbocycles. The van der Waals surface area contributed by atoms with Crippen LogP contribution in [0.5, 0.6) is 0 Å². The van der Waals surface area contributed by atoms with Crippen molar-refractivity contribution in [1.82, 2.24) is 5.43 Å². The van der Waals surface area contributed by atoms with Crippen LogP contribution in [0.15, 0.2) is 87.3 Å². The third-order valence-electron chi connectivity index (χ3n) is 4.36. The monoisotopic (exact) mass is 499 g/mol. The number of amides is 1. The molecule has 0 aliphatic rings. The average Bonchev–Trinajstić information content (AvgIpc) is 2.72. The van der Waals surface area contributed by atoms with Crippen molar-refractivity contribution in [1.29, 1.82) is 0 Å². The van der Waals surface area contributed by atoms with Gasteiger partial charge >= 0.3 is 0 Å². The number of rotatable bonds is 7. The maximum absolute atomic E-state index is 13.3. The number of carbonyl (C=O) groups excluding carboxylic acids is 1. The fourth-order valence-corrected chi connectivity index (χ4v) is 4.90. The van der Waals surface area contributed by atoms with Gasteiger partial charge in [0.2, 0.25) is 0 Å². The lowest BCUT2D eigenvalue weighted by Crippen LogP contribution is -2.39. The molecule has 3 rings (SSSR count). The van der Waals surface area contributed by atoms with E-state index in [1.54, 1.807) is 30.3 Å². The first-order chi connectivity index (χ1) is 14.8. The van der Waals surface area contributed by atoms with E-state index < -0.39 is 22.5 Å². The summed E-state index contributed by atoms with van der Waals surface area (Å²) >= 11 is 3.37. The lowest BCUT2D eigenvalue weighted by molar-refractivity contribution is -0.119. The number of hydrazone groups is 1.